The van der Waals surface area contributed by atoms with Gasteiger partial charge in [-0.05, 0) is 44.5 Å². The van der Waals surface area contributed by atoms with Crippen LogP contribution in [0.2, 0.25) is 0 Å². The molecule has 3 rings (SSSR count). The first-order valence-electron chi connectivity index (χ1n) is 10.5. The lowest BCUT2D eigenvalue weighted by atomic mass is 10.2. The Balaban J connectivity index is 2.15. The van der Waals surface area contributed by atoms with Crippen LogP contribution in [0, 0.1) is 0 Å². The zero-order chi connectivity index (χ0) is 22.3. The van der Waals surface area contributed by atoms with Gasteiger partial charge < -0.3 is 18.2 Å². The molecule has 1 aromatic carbocycles. The molecule has 0 aliphatic heterocycles. The molecule has 0 aliphatic carbocycles. The van der Waals surface area contributed by atoms with Crippen LogP contribution in [-0.2, 0) is 24.9 Å². The van der Waals surface area contributed by atoms with Crippen molar-refractivity contribution < 1.29 is 23.1 Å². The fraction of sp³-hybridized carbons (Fsp3) is 0.348. The number of hydrogen-bond acceptors (Lipinski definition) is 6. The van der Waals surface area contributed by atoms with Crippen molar-refractivity contribution >= 4 is 19.1 Å². The van der Waals surface area contributed by atoms with Crippen LogP contribution in [0.5, 0.6) is 0 Å². The van der Waals surface area contributed by atoms with E-state index >= 15 is 0 Å². The van der Waals surface area contributed by atoms with Gasteiger partial charge in [-0.15, -0.1) is 0 Å². The Kier molecular flexibility index (Phi) is 8.04. The van der Waals surface area contributed by atoms with Crippen molar-refractivity contribution in [1.82, 2.24) is 9.72 Å². The highest BCUT2D eigenvalue weighted by Gasteiger charge is 2.41. The predicted octanol–water partition coefficient (Wildman–Crippen LogP) is 5.17. The number of esters is 1. The van der Waals surface area contributed by atoms with Crippen molar-refractivity contribution in [2.45, 2.75) is 33.1 Å². The molecule has 8 heteroatoms. The molecule has 0 saturated heterocycles. The minimum absolute atomic E-state index is 0.207. The molecule has 2 aromatic heterocycles. The number of nitrogens with zero attached hydrogens (tertiary/aromatic N) is 1. The van der Waals surface area contributed by atoms with E-state index in [0.29, 0.717) is 17.8 Å². The summed E-state index contributed by atoms with van der Waals surface area (Å²) in [6.45, 7) is 6.35. The fourth-order valence-corrected chi connectivity index (χ4v) is 5.48. The number of benzene rings is 1. The fourth-order valence-electron chi connectivity index (χ4n) is 3.51. The van der Waals surface area contributed by atoms with Gasteiger partial charge in [0.1, 0.15) is 0 Å². The highest BCUT2D eigenvalue weighted by atomic mass is 31.2. The number of hydrogen-bond donors (Lipinski definition) is 1. The molecule has 0 radical (unpaired) electrons. The zero-order valence-corrected chi connectivity index (χ0v) is 19.0. The van der Waals surface area contributed by atoms with Gasteiger partial charge in [-0.25, -0.2) is 4.79 Å². The van der Waals surface area contributed by atoms with Gasteiger partial charge in [-0.2, -0.15) is 0 Å². The van der Waals surface area contributed by atoms with E-state index < -0.39 is 19.3 Å². The summed E-state index contributed by atoms with van der Waals surface area (Å²) in [5.41, 5.74) is 2.62. The number of nitrogens with one attached hydrogen (secondary N) is 1. The van der Waals surface area contributed by atoms with E-state index in [1.807, 2.05) is 59.1 Å². The molecule has 0 spiro atoms. The summed E-state index contributed by atoms with van der Waals surface area (Å²) in [5, 5.41) is 3.34. The summed E-state index contributed by atoms with van der Waals surface area (Å²) in [4.78, 5) is 12.8. The predicted molar refractivity (Wildman–Crippen MR) is 120 cm³/mol. The molecule has 2 heterocycles. The summed E-state index contributed by atoms with van der Waals surface area (Å²) < 4.78 is 32.4. The number of carbonyl (C=O) groups is 1. The molecular weight excluding hydrogens is 415 g/mol. The first-order chi connectivity index (χ1) is 15.0. The van der Waals surface area contributed by atoms with Gasteiger partial charge >= 0.3 is 13.6 Å². The second-order valence-corrected chi connectivity index (χ2v) is 8.92. The number of fused-ring (bicyclic) bond motifs is 1. The lowest BCUT2D eigenvalue weighted by molar-refractivity contribution is 0.0524. The largest absolute Gasteiger partial charge is 0.462 e. The van der Waals surface area contributed by atoms with Gasteiger partial charge in [0.25, 0.3) is 0 Å². The first kappa shape index (κ1) is 23.2. The third-order valence-electron chi connectivity index (χ3n) is 4.75. The monoisotopic (exact) mass is 444 g/mol. The van der Waals surface area contributed by atoms with Crippen molar-refractivity contribution in [2.24, 2.45) is 0 Å². The van der Waals surface area contributed by atoms with Gasteiger partial charge in [-0.1, -0.05) is 36.4 Å². The third-order valence-corrected chi connectivity index (χ3v) is 7.05. The number of ether oxygens (including phenoxy) is 1. The number of carbonyl (C=O) groups excluding carboxylic acids is 1. The maximum Gasteiger partial charge on any atom is 0.353 e. The third kappa shape index (κ3) is 5.25. The van der Waals surface area contributed by atoms with Crippen LogP contribution in [0.1, 0.15) is 48.2 Å². The van der Waals surface area contributed by atoms with E-state index in [1.165, 1.54) is 0 Å². The van der Waals surface area contributed by atoms with Gasteiger partial charge in [0.2, 0.25) is 0 Å². The highest BCUT2D eigenvalue weighted by molar-refractivity contribution is 7.54. The Hall–Kier alpha value is -2.44. The Morgan fingerprint density at radius 3 is 2.32 bits per heavy atom. The lowest BCUT2D eigenvalue weighted by Gasteiger charge is -2.28. The molecule has 1 unspecified atom stereocenters. The van der Waals surface area contributed by atoms with E-state index in [1.54, 1.807) is 26.8 Å². The minimum Gasteiger partial charge on any atom is -0.462 e. The van der Waals surface area contributed by atoms with Crippen molar-refractivity contribution in [3.05, 3.63) is 77.6 Å². The van der Waals surface area contributed by atoms with Gasteiger partial charge in [0, 0.05) is 18.3 Å². The molecule has 0 aliphatic rings. The summed E-state index contributed by atoms with van der Waals surface area (Å²) in [6.07, 6.45) is 1.83. The highest BCUT2D eigenvalue weighted by Crippen LogP contribution is 2.60. The average molecular weight is 444 g/mol. The maximum absolute atomic E-state index is 13.9. The Labute approximate surface area is 182 Å². The second-order valence-electron chi connectivity index (χ2n) is 6.80. The van der Waals surface area contributed by atoms with Gasteiger partial charge in [0.05, 0.1) is 31.1 Å². The number of pyridine rings is 1. The second kappa shape index (κ2) is 10.7. The molecule has 3 aromatic rings. The number of rotatable bonds is 11. The smallest absolute Gasteiger partial charge is 0.353 e. The minimum atomic E-state index is -3.68. The quantitative estimate of drug-likeness (QED) is 0.325. The zero-order valence-electron chi connectivity index (χ0n) is 18.1. The van der Waals surface area contributed by atoms with Crippen LogP contribution in [0.4, 0.5) is 0 Å². The summed E-state index contributed by atoms with van der Waals surface area (Å²) in [6, 6.07) is 17.1. The molecule has 0 fully saturated rings. The summed E-state index contributed by atoms with van der Waals surface area (Å²) in [7, 11) is -3.68. The summed E-state index contributed by atoms with van der Waals surface area (Å²) in [5.74, 6) is -1.36. The van der Waals surface area contributed by atoms with Crippen LogP contribution >= 0.6 is 7.60 Å². The van der Waals surface area contributed by atoms with E-state index in [-0.39, 0.29) is 19.8 Å². The maximum atomic E-state index is 13.9. The standard InChI is InChI=1S/C23H29N2O5P/c1-4-28-23(26)20-16-19-14-10-11-15-25(19)21(20)22(31(27,29-5-2)30-6-3)24-17-18-12-8-7-9-13-18/h7-16,22,24H,4-6,17H2,1-3H3. The summed E-state index contributed by atoms with van der Waals surface area (Å²) >= 11 is 0. The molecular formula is C23H29N2O5P. The van der Waals surface area contributed by atoms with Gasteiger partial charge in [0.15, 0.2) is 5.78 Å². The molecule has 0 amide bonds. The number of aromatic nitrogens is 1. The lowest BCUT2D eigenvalue weighted by Crippen LogP contribution is -2.26. The van der Waals surface area contributed by atoms with Crippen molar-refractivity contribution in [1.29, 1.82) is 0 Å². The molecule has 0 saturated carbocycles. The Morgan fingerprint density at radius 2 is 1.68 bits per heavy atom. The molecule has 7 nitrogen and oxygen atoms in total. The first-order valence-corrected chi connectivity index (χ1v) is 12.1. The molecule has 0 bridgehead atoms. The van der Waals surface area contributed by atoms with Gasteiger partial charge in [-0.3, -0.25) is 9.88 Å². The van der Waals surface area contributed by atoms with Crippen molar-refractivity contribution in [3.8, 4) is 0 Å². The van der Waals surface area contributed by atoms with E-state index in [0.717, 1.165) is 11.1 Å². The normalized spacial score (nSPS) is 12.7. The van der Waals surface area contributed by atoms with Crippen LogP contribution < -0.4 is 5.32 Å². The molecule has 1 N–H and O–H groups in total. The topological polar surface area (TPSA) is 78.3 Å². The van der Waals surface area contributed by atoms with Crippen molar-refractivity contribution in [3.63, 3.8) is 0 Å². The SMILES string of the molecule is CCOC(=O)c1cc2ccccn2c1C(NCc1ccccc1)P(=O)(OCC)OCC. The van der Waals surface area contributed by atoms with Crippen LogP contribution in [0.15, 0.2) is 60.8 Å². The van der Waals surface area contributed by atoms with E-state index in [4.69, 9.17) is 13.8 Å². The average Bonchev–Trinajstić information content (AvgIpc) is 3.15. The molecule has 166 valence electrons. The van der Waals surface area contributed by atoms with E-state index in [9.17, 15) is 9.36 Å². The van der Waals surface area contributed by atoms with Crippen LogP contribution in [0.25, 0.3) is 5.52 Å². The van der Waals surface area contributed by atoms with E-state index in [2.05, 4.69) is 5.32 Å². The van der Waals surface area contributed by atoms with Crippen LogP contribution in [0.3, 0.4) is 0 Å². The molecule has 1 atom stereocenters. The molecule has 31 heavy (non-hydrogen) atoms. The van der Waals surface area contributed by atoms with Crippen molar-refractivity contribution in [2.75, 3.05) is 19.8 Å². The Morgan fingerprint density at radius 1 is 1.00 bits per heavy atom. The Bertz CT molecular complexity index is 1040. The van der Waals surface area contributed by atoms with Crippen LogP contribution in [-0.4, -0.2) is 30.2 Å².